The summed E-state index contributed by atoms with van der Waals surface area (Å²) >= 11 is 0. The number of rotatable bonds is 3. The van der Waals surface area contributed by atoms with Crippen molar-refractivity contribution in [1.82, 2.24) is 30.4 Å². The SMILES string of the molecule is CNC(=O)c1ccc(-c2nn([C@H]3C[C@@H]4CN[C@H]3C4)c3ncnc(N)c23)c(F)c1. The van der Waals surface area contributed by atoms with Gasteiger partial charge in [0.15, 0.2) is 5.65 Å². The molecule has 3 aromatic rings. The smallest absolute Gasteiger partial charge is 0.251 e. The molecule has 2 aromatic heterocycles. The van der Waals surface area contributed by atoms with Crippen LogP contribution < -0.4 is 16.4 Å². The van der Waals surface area contributed by atoms with Gasteiger partial charge in [-0.25, -0.2) is 19.0 Å². The number of benzene rings is 1. The van der Waals surface area contributed by atoms with Gasteiger partial charge in [-0.3, -0.25) is 4.79 Å². The molecule has 2 aliphatic rings. The number of carbonyl (C=O) groups is 1. The molecule has 0 unspecified atom stereocenters. The lowest BCUT2D eigenvalue weighted by Crippen LogP contribution is -2.35. The minimum atomic E-state index is -0.540. The molecule has 9 heteroatoms. The van der Waals surface area contributed by atoms with Crippen molar-refractivity contribution < 1.29 is 9.18 Å². The third kappa shape index (κ3) is 2.46. The van der Waals surface area contributed by atoms with E-state index in [2.05, 4.69) is 20.6 Å². The third-order valence-corrected chi connectivity index (χ3v) is 5.84. The summed E-state index contributed by atoms with van der Waals surface area (Å²) < 4.78 is 16.8. The fourth-order valence-corrected chi connectivity index (χ4v) is 4.50. The van der Waals surface area contributed by atoms with Gasteiger partial charge in [-0.05, 0) is 43.5 Å². The maximum Gasteiger partial charge on any atom is 0.251 e. The second kappa shape index (κ2) is 6.23. The molecule has 3 heterocycles. The number of halogens is 1. The van der Waals surface area contributed by atoms with Crippen LogP contribution in [0.15, 0.2) is 24.5 Å². The largest absolute Gasteiger partial charge is 0.383 e. The number of nitrogens with one attached hydrogen (secondary N) is 2. The highest BCUT2D eigenvalue weighted by atomic mass is 19.1. The molecular weight excluding hydrogens is 361 g/mol. The Labute approximate surface area is 160 Å². The highest BCUT2D eigenvalue weighted by molar-refractivity contribution is 5.99. The van der Waals surface area contributed by atoms with E-state index in [1.54, 1.807) is 12.1 Å². The van der Waals surface area contributed by atoms with Crippen molar-refractivity contribution in [3.05, 3.63) is 35.9 Å². The number of nitrogens with two attached hydrogens (primary N) is 1. The Morgan fingerprint density at radius 1 is 1.36 bits per heavy atom. The predicted molar refractivity (Wildman–Crippen MR) is 102 cm³/mol. The number of hydrogen-bond donors (Lipinski definition) is 3. The average molecular weight is 381 g/mol. The van der Waals surface area contributed by atoms with Crippen LogP contribution in [0.4, 0.5) is 10.2 Å². The van der Waals surface area contributed by atoms with Crippen LogP contribution >= 0.6 is 0 Å². The Morgan fingerprint density at radius 3 is 2.89 bits per heavy atom. The van der Waals surface area contributed by atoms with E-state index in [1.165, 1.54) is 19.4 Å². The predicted octanol–water partition coefficient (Wildman–Crippen LogP) is 1.50. The van der Waals surface area contributed by atoms with Crippen LogP contribution in [0.2, 0.25) is 0 Å². The van der Waals surface area contributed by atoms with Gasteiger partial charge < -0.3 is 16.4 Å². The summed E-state index contributed by atoms with van der Waals surface area (Å²) in [7, 11) is 1.50. The first-order chi connectivity index (χ1) is 13.6. The van der Waals surface area contributed by atoms with Gasteiger partial charge in [-0.15, -0.1) is 0 Å². The fourth-order valence-electron chi connectivity index (χ4n) is 4.50. The molecule has 1 aliphatic heterocycles. The van der Waals surface area contributed by atoms with Crippen molar-refractivity contribution in [2.24, 2.45) is 5.92 Å². The zero-order valence-electron chi connectivity index (χ0n) is 15.3. The van der Waals surface area contributed by atoms with Crippen molar-refractivity contribution in [3.8, 4) is 11.3 Å². The Balaban J connectivity index is 1.67. The molecule has 3 atom stereocenters. The van der Waals surface area contributed by atoms with Crippen LogP contribution in [0.1, 0.15) is 29.2 Å². The van der Waals surface area contributed by atoms with Crippen LogP contribution in [0, 0.1) is 11.7 Å². The minimum absolute atomic E-state index is 0.150. The number of aromatic nitrogens is 4. The number of amides is 1. The topological polar surface area (TPSA) is 111 Å². The zero-order valence-corrected chi connectivity index (χ0v) is 15.3. The molecule has 0 radical (unpaired) electrons. The molecule has 144 valence electrons. The van der Waals surface area contributed by atoms with Crippen molar-refractivity contribution in [2.45, 2.75) is 24.9 Å². The Hall–Kier alpha value is -3.07. The van der Waals surface area contributed by atoms with Gasteiger partial charge in [-0.1, -0.05) is 0 Å². The standard InChI is InChI=1S/C19H20FN7O/c1-22-19(28)10-2-3-11(12(20)6-10)16-15-17(21)24-8-25-18(15)27(26-16)14-5-9-4-13(14)23-7-9/h2-3,6,8-9,13-14,23H,4-5,7H2,1H3,(H,22,28)(H2,21,24,25)/t9-,13+,14+/m1/s1. The fraction of sp³-hybridized carbons (Fsp3) is 0.368. The number of fused-ring (bicyclic) bond motifs is 3. The number of anilines is 1. The molecule has 0 spiro atoms. The van der Waals surface area contributed by atoms with E-state index < -0.39 is 5.82 Å². The van der Waals surface area contributed by atoms with Crippen LogP contribution in [-0.4, -0.2) is 45.3 Å². The summed E-state index contributed by atoms with van der Waals surface area (Å²) in [6.45, 7) is 1.03. The lowest BCUT2D eigenvalue weighted by Gasteiger charge is -2.23. The van der Waals surface area contributed by atoms with Gasteiger partial charge in [0.1, 0.15) is 23.7 Å². The lowest BCUT2D eigenvalue weighted by molar-refractivity contribution is 0.0962. The Morgan fingerprint density at radius 2 is 2.21 bits per heavy atom. The molecular formula is C19H20FN7O. The van der Waals surface area contributed by atoms with E-state index in [4.69, 9.17) is 10.8 Å². The average Bonchev–Trinajstić information content (AvgIpc) is 3.41. The van der Waals surface area contributed by atoms with Gasteiger partial charge >= 0.3 is 0 Å². The minimum Gasteiger partial charge on any atom is -0.383 e. The first-order valence-electron chi connectivity index (χ1n) is 9.31. The number of nitrogen functional groups attached to an aromatic ring is 1. The summed E-state index contributed by atoms with van der Waals surface area (Å²) in [5, 5.41) is 11.3. The van der Waals surface area contributed by atoms with E-state index in [1.807, 2.05) is 4.68 Å². The second-order valence-corrected chi connectivity index (χ2v) is 7.44. The quantitative estimate of drug-likeness (QED) is 0.634. The molecule has 4 N–H and O–H groups in total. The van der Waals surface area contributed by atoms with Crippen LogP contribution in [-0.2, 0) is 0 Å². The normalized spacial score (nSPS) is 23.4. The number of piperidine rings is 1. The highest BCUT2D eigenvalue weighted by Gasteiger charge is 2.42. The second-order valence-electron chi connectivity index (χ2n) is 7.44. The van der Waals surface area contributed by atoms with E-state index in [0.717, 1.165) is 19.4 Å². The van der Waals surface area contributed by atoms with Crippen LogP contribution in [0.5, 0.6) is 0 Å². The first-order valence-corrected chi connectivity index (χ1v) is 9.31. The molecule has 28 heavy (non-hydrogen) atoms. The molecule has 8 nitrogen and oxygen atoms in total. The maximum absolute atomic E-state index is 14.9. The van der Waals surface area contributed by atoms with Gasteiger partial charge in [0.05, 0.1) is 11.4 Å². The summed E-state index contributed by atoms with van der Waals surface area (Å²) in [4.78, 5) is 20.3. The maximum atomic E-state index is 14.9. The van der Waals surface area contributed by atoms with Crippen LogP contribution in [0.25, 0.3) is 22.3 Å². The lowest BCUT2D eigenvalue weighted by atomic mass is 10.1. The van der Waals surface area contributed by atoms with E-state index in [9.17, 15) is 9.18 Å². The summed E-state index contributed by atoms with van der Waals surface area (Å²) in [6.07, 6.45) is 3.53. The summed E-state index contributed by atoms with van der Waals surface area (Å²) in [6, 6.07) is 4.81. The Bertz CT molecular complexity index is 1100. The van der Waals surface area contributed by atoms with Gasteiger partial charge in [0.2, 0.25) is 0 Å². The number of hydrogen-bond acceptors (Lipinski definition) is 6. The highest BCUT2D eigenvalue weighted by Crippen LogP contribution is 2.42. The monoisotopic (exact) mass is 381 g/mol. The van der Waals surface area contributed by atoms with Gasteiger partial charge in [0, 0.05) is 24.2 Å². The van der Waals surface area contributed by atoms with E-state index in [0.29, 0.717) is 28.7 Å². The van der Waals surface area contributed by atoms with Crippen molar-refractivity contribution in [2.75, 3.05) is 19.3 Å². The van der Waals surface area contributed by atoms with E-state index >= 15 is 0 Å². The molecule has 2 bridgehead atoms. The van der Waals surface area contributed by atoms with Gasteiger partial charge in [-0.2, -0.15) is 5.10 Å². The molecule has 5 rings (SSSR count). The van der Waals surface area contributed by atoms with Crippen molar-refractivity contribution in [3.63, 3.8) is 0 Å². The van der Waals surface area contributed by atoms with Gasteiger partial charge in [0.25, 0.3) is 5.91 Å². The molecule has 2 fully saturated rings. The molecule has 1 saturated carbocycles. The summed E-state index contributed by atoms with van der Waals surface area (Å²) in [5.74, 6) is -0.00341. The molecule has 1 aliphatic carbocycles. The third-order valence-electron chi connectivity index (χ3n) is 5.84. The number of carbonyl (C=O) groups excluding carboxylic acids is 1. The van der Waals surface area contributed by atoms with E-state index in [-0.39, 0.29) is 28.9 Å². The van der Waals surface area contributed by atoms with Crippen molar-refractivity contribution in [1.29, 1.82) is 0 Å². The first kappa shape index (κ1) is 17.1. The molecule has 1 aromatic carbocycles. The summed E-state index contributed by atoms with van der Waals surface area (Å²) in [5.41, 5.74) is 7.65. The Kier molecular flexibility index (Phi) is 3.80. The van der Waals surface area contributed by atoms with Crippen molar-refractivity contribution >= 4 is 22.8 Å². The molecule has 1 amide bonds. The number of nitrogens with zero attached hydrogens (tertiary/aromatic N) is 4. The van der Waals surface area contributed by atoms with Crippen LogP contribution in [0.3, 0.4) is 0 Å². The molecule has 1 saturated heterocycles. The zero-order chi connectivity index (χ0) is 19.4.